The number of hydrogen-bond acceptors (Lipinski definition) is 4. The molecule has 0 bridgehead atoms. The summed E-state index contributed by atoms with van der Waals surface area (Å²) in [5.41, 5.74) is 0. The lowest BCUT2D eigenvalue weighted by atomic mass is 10.2. The largest absolute Gasteiger partial charge is 0.317 e. The summed E-state index contributed by atoms with van der Waals surface area (Å²) in [6.45, 7) is 11.4. The van der Waals surface area contributed by atoms with Gasteiger partial charge in [0, 0.05) is 25.2 Å². The molecule has 1 rings (SSSR count). The van der Waals surface area contributed by atoms with Crippen LogP contribution in [-0.2, 0) is 10.0 Å². The molecule has 114 valence electrons. The summed E-state index contributed by atoms with van der Waals surface area (Å²) in [6.07, 6.45) is 1.43. The minimum Gasteiger partial charge on any atom is -0.317 e. The van der Waals surface area contributed by atoms with Crippen LogP contribution in [0.15, 0.2) is 0 Å². The molecule has 1 fully saturated rings. The summed E-state index contributed by atoms with van der Waals surface area (Å²) in [5.74, 6) is 0. The fourth-order valence-corrected chi connectivity index (χ4v) is 4.12. The first-order valence-corrected chi connectivity index (χ1v) is 8.84. The molecule has 19 heavy (non-hydrogen) atoms. The number of nitrogens with one attached hydrogen (secondary N) is 2. The summed E-state index contributed by atoms with van der Waals surface area (Å²) in [7, 11) is -3.15. The highest BCUT2D eigenvalue weighted by molar-refractivity contribution is 7.90. The summed E-state index contributed by atoms with van der Waals surface area (Å²) in [6, 6.07) is 0.867. The maximum atomic E-state index is 12.1. The highest BCUT2D eigenvalue weighted by Gasteiger charge is 2.26. The van der Waals surface area contributed by atoms with Crippen molar-refractivity contribution in [1.82, 2.24) is 14.9 Å². The molecule has 1 saturated heterocycles. The first-order chi connectivity index (χ1) is 8.84. The van der Waals surface area contributed by atoms with Gasteiger partial charge in [0.25, 0.3) is 0 Å². The van der Waals surface area contributed by atoms with Crippen molar-refractivity contribution in [1.29, 1.82) is 0 Å². The van der Waals surface area contributed by atoms with E-state index in [1.165, 1.54) is 0 Å². The van der Waals surface area contributed by atoms with E-state index >= 15 is 0 Å². The van der Waals surface area contributed by atoms with Crippen molar-refractivity contribution in [3.63, 3.8) is 0 Å². The Bertz CT molecular complexity index is 341. The first-order valence-electron chi connectivity index (χ1n) is 7.29. The van der Waals surface area contributed by atoms with Crippen molar-refractivity contribution in [2.24, 2.45) is 0 Å². The normalized spacial score (nSPS) is 18.7. The topological polar surface area (TPSA) is 61.4 Å². The van der Waals surface area contributed by atoms with Crippen LogP contribution in [0, 0.1) is 0 Å². The molecule has 1 aliphatic heterocycles. The Hall–Kier alpha value is -0.170. The van der Waals surface area contributed by atoms with Gasteiger partial charge in [-0.05, 0) is 53.6 Å². The van der Waals surface area contributed by atoms with Crippen LogP contribution >= 0.6 is 0 Å². The second kappa shape index (κ2) is 7.57. The molecule has 0 radical (unpaired) electrons. The lowest BCUT2D eigenvalue weighted by Gasteiger charge is -2.31. The standard InChI is InChI=1S/C13H29N3O2S/c1-11(2)16(12(3)4)10-9-15-19(17,18)13-5-7-14-8-6-13/h11-15H,5-10H2,1-4H3. The first kappa shape index (κ1) is 16.9. The van der Waals surface area contributed by atoms with Crippen LogP contribution in [0.3, 0.4) is 0 Å². The van der Waals surface area contributed by atoms with Crippen molar-refractivity contribution in [3.05, 3.63) is 0 Å². The molecule has 0 aromatic rings. The third-order valence-corrected chi connectivity index (χ3v) is 5.68. The zero-order valence-electron chi connectivity index (χ0n) is 12.6. The Morgan fingerprint density at radius 2 is 1.68 bits per heavy atom. The highest BCUT2D eigenvalue weighted by atomic mass is 32.2. The summed E-state index contributed by atoms with van der Waals surface area (Å²) in [5, 5.41) is 2.97. The number of nitrogens with zero attached hydrogens (tertiary/aromatic N) is 1. The maximum absolute atomic E-state index is 12.1. The molecule has 6 heteroatoms. The molecule has 0 atom stereocenters. The van der Waals surface area contributed by atoms with Gasteiger partial charge in [0.15, 0.2) is 0 Å². The van der Waals surface area contributed by atoms with E-state index in [-0.39, 0.29) is 5.25 Å². The quantitative estimate of drug-likeness (QED) is 0.727. The Kier molecular flexibility index (Phi) is 6.73. The van der Waals surface area contributed by atoms with Gasteiger partial charge in [-0.1, -0.05) is 0 Å². The zero-order chi connectivity index (χ0) is 14.5. The van der Waals surface area contributed by atoms with Crippen molar-refractivity contribution in [3.8, 4) is 0 Å². The van der Waals surface area contributed by atoms with Gasteiger partial charge in [0.1, 0.15) is 0 Å². The smallest absolute Gasteiger partial charge is 0.214 e. The molecular formula is C13H29N3O2S. The van der Waals surface area contributed by atoms with Gasteiger partial charge >= 0.3 is 0 Å². The maximum Gasteiger partial charge on any atom is 0.214 e. The summed E-state index contributed by atoms with van der Waals surface area (Å²) in [4.78, 5) is 2.30. The third kappa shape index (κ3) is 5.38. The van der Waals surface area contributed by atoms with Crippen LogP contribution in [0.25, 0.3) is 0 Å². The number of rotatable bonds is 7. The van der Waals surface area contributed by atoms with Gasteiger partial charge in [-0.3, -0.25) is 4.90 Å². The Morgan fingerprint density at radius 1 is 1.16 bits per heavy atom. The van der Waals surface area contributed by atoms with Crippen LogP contribution in [-0.4, -0.2) is 56.8 Å². The third-order valence-electron chi connectivity index (χ3n) is 3.72. The van der Waals surface area contributed by atoms with E-state index in [1.807, 2.05) is 0 Å². The molecular weight excluding hydrogens is 262 g/mol. The second-order valence-corrected chi connectivity index (χ2v) is 7.86. The molecule has 0 saturated carbocycles. The van der Waals surface area contributed by atoms with Crippen molar-refractivity contribution in [2.45, 2.75) is 57.9 Å². The van der Waals surface area contributed by atoms with Crippen molar-refractivity contribution >= 4 is 10.0 Å². The van der Waals surface area contributed by atoms with Crippen LogP contribution < -0.4 is 10.0 Å². The predicted molar refractivity (Wildman–Crippen MR) is 79.8 cm³/mol. The van der Waals surface area contributed by atoms with Crippen molar-refractivity contribution in [2.75, 3.05) is 26.2 Å². The molecule has 2 N–H and O–H groups in total. The average molecular weight is 291 g/mol. The molecule has 0 unspecified atom stereocenters. The van der Waals surface area contributed by atoms with E-state index in [1.54, 1.807) is 0 Å². The molecule has 1 heterocycles. The average Bonchev–Trinajstić information content (AvgIpc) is 2.34. The molecule has 1 aliphatic rings. The fraction of sp³-hybridized carbons (Fsp3) is 1.00. The Labute approximate surface area is 118 Å². The molecule has 0 amide bonds. The highest BCUT2D eigenvalue weighted by Crippen LogP contribution is 2.12. The molecule has 0 aromatic carbocycles. The van der Waals surface area contributed by atoms with Gasteiger partial charge in [0.2, 0.25) is 10.0 Å². The monoisotopic (exact) mass is 291 g/mol. The van der Waals surface area contributed by atoms with E-state index in [2.05, 4.69) is 42.6 Å². The zero-order valence-corrected chi connectivity index (χ0v) is 13.5. The van der Waals surface area contributed by atoms with Crippen LogP contribution in [0.4, 0.5) is 0 Å². The minimum atomic E-state index is -3.15. The molecule has 0 spiro atoms. The van der Waals surface area contributed by atoms with E-state index in [9.17, 15) is 8.42 Å². The molecule has 0 aliphatic carbocycles. The SMILES string of the molecule is CC(C)N(CCNS(=O)(=O)C1CCNCC1)C(C)C. The fourth-order valence-electron chi connectivity index (χ4n) is 2.65. The van der Waals surface area contributed by atoms with E-state index in [0.717, 1.165) is 19.6 Å². The van der Waals surface area contributed by atoms with Gasteiger partial charge in [-0.2, -0.15) is 0 Å². The Morgan fingerprint density at radius 3 is 2.16 bits per heavy atom. The van der Waals surface area contributed by atoms with Crippen LogP contribution in [0.1, 0.15) is 40.5 Å². The molecule has 0 aromatic heterocycles. The van der Waals surface area contributed by atoms with E-state index < -0.39 is 10.0 Å². The summed E-state index contributed by atoms with van der Waals surface area (Å²) >= 11 is 0. The lowest BCUT2D eigenvalue weighted by Crippen LogP contribution is -2.46. The van der Waals surface area contributed by atoms with Crippen LogP contribution in [0.5, 0.6) is 0 Å². The predicted octanol–water partition coefficient (Wildman–Crippen LogP) is 0.777. The van der Waals surface area contributed by atoms with Gasteiger partial charge < -0.3 is 5.32 Å². The lowest BCUT2D eigenvalue weighted by molar-refractivity contribution is 0.179. The van der Waals surface area contributed by atoms with Gasteiger partial charge in [-0.15, -0.1) is 0 Å². The van der Waals surface area contributed by atoms with E-state index in [4.69, 9.17) is 0 Å². The number of sulfonamides is 1. The van der Waals surface area contributed by atoms with Gasteiger partial charge in [0.05, 0.1) is 5.25 Å². The van der Waals surface area contributed by atoms with E-state index in [0.29, 0.717) is 31.5 Å². The summed E-state index contributed by atoms with van der Waals surface area (Å²) < 4.78 is 27.1. The minimum absolute atomic E-state index is 0.222. The van der Waals surface area contributed by atoms with Crippen molar-refractivity contribution < 1.29 is 8.42 Å². The number of piperidine rings is 1. The number of hydrogen-bond donors (Lipinski definition) is 2. The molecule has 5 nitrogen and oxygen atoms in total. The van der Waals surface area contributed by atoms with Crippen LogP contribution in [0.2, 0.25) is 0 Å². The van der Waals surface area contributed by atoms with Gasteiger partial charge in [-0.25, -0.2) is 13.1 Å². The second-order valence-electron chi connectivity index (χ2n) is 5.81. The Balaban J connectivity index is 2.42.